The van der Waals surface area contributed by atoms with E-state index in [-0.39, 0.29) is 12.5 Å². The molecule has 0 rings (SSSR count). The molecule has 1 unspecified atom stereocenters. The Balaban J connectivity index is 3.85. The molecule has 3 amide bonds. The molecule has 0 saturated heterocycles. The Kier molecular flexibility index (Phi) is 6.73. The maximum absolute atomic E-state index is 11.2. The highest BCUT2D eigenvalue weighted by Crippen LogP contribution is 2.00. The number of aliphatic hydroxyl groups is 1. The van der Waals surface area contributed by atoms with Gasteiger partial charge in [-0.15, -0.1) is 0 Å². The standard InChI is InChI=1S/C10H19N3O5/c1-3-4-11-7(14)5-12-9(17)13-6-10(2,18)8(15)16/h18H,3-6H2,1-2H3,(H,11,14)(H,15,16)(H2,12,13,17). The van der Waals surface area contributed by atoms with E-state index in [2.05, 4.69) is 16.0 Å². The van der Waals surface area contributed by atoms with Crippen molar-refractivity contribution in [2.75, 3.05) is 19.6 Å². The van der Waals surface area contributed by atoms with Crippen molar-refractivity contribution in [2.24, 2.45) is 0 Å². The Labute approximate surface area is 105 Å². The molecule has 5 N–H and O–H groups in total. The number of urea groups is 1. The number of carbonyl (C=O) groups is 3. The molecule has 8 nitrogen and oxygen atoms in total. The van der Waals surface area contributed by atoms with Crippen molar-refractivity contribution in [2.45, 2.75) is 25.9 Å². The predicted octanol–water partition coefficient (Wildman–Crippen LogP) is -1.35. The molecular weight excluding hydrogens is 242 g/mol. The van der Waals surface area contributed by atoms with Crippen molar-refractivity contribution >= 4 is 17.9 Å². The van der Waals surface area contributed by atoms with Gasteiger partial charge in [-0.25, -0.2) is 9.59 Å². The summed E-state index contributed by atoms with van der Waals surface area (Å²) in [7, 11) is 0. The molecule has 0 spiro atoms. The summed E-state index contributed by atoms with van der Waals surface area (Å²) in [5, 5.41) is 24.8. The molecule has 0 aromatic heterocycles. The second kappa shape index (κ2) is 7.49. The zero-order valence-corrected chi connectivity index (χ0v) is 10.4. The fourth-order valence-electron chi connectivity index (χ4n) is 0.878. The van der Waals surface area contributed by atoms with Crippen LogP contribution in [0.3, 0.4) is 0 Å². The number of amides is 3. The largest absolute Gasteiger partial charge is 0.479 e. The van der Waals surface area contributed by atoms with Gasteiger partial charge in [0.15, 0.2) is 5.60 Å². The molecule has 104 valence electrons. The average molecular weight is 261 g/mol. The Morgan fingerprint density at radius 3 is 2.28 bits per heavy atom. The molecular formula is C10H19N3O5. The molecule has 18 heavy (non-hydrogen) atoms. The van der Waals surface area contributed by atoms with E-state index in [1.54, 1.807) is 0 Å². The monoisotopic (exact) mass is 261 g/mol. The summed E-state index contributed by atoms with van der Waals surface area (Å²) in [4.78, 5) is 32.8. The van der Waals surface area contributed by atoms with Crippen molar-refractivity contribution in [3.63, 3.8) is 0 Å². The van der Waals surface area contributed by atoms with Crippen molar-refractivity contribution in [3.05, 3.63) is 0 Å². The molecule has 0 aliphatic heterocycles. The van der Waals surface area contributed by atoms with E-state index in [9.17, 15) is 19.5 Å². The molecule has 0 heterocycles. The Bertz CT molecular complexity index is 317. The van der Waals surface area contributed by atoms with Crippen LogP contribution in [0.25, 0.3) is 0 Å². The smallest absolute Gasteiger partial charge is 0.337 e. The average Bonchev–Trinajstić information content (AvgIpc) is 2.31. The highest BCUT2D eigenvalue weighted by atomic mass is 16.4. The van der Waals surface area contributed by atoms with Crippen LogP contribution in [0.15, 0.2) is 0 Å². The second-order valence-electron chi connectivity index (χ2n) is 3.97. The van der Waals surface area contributed by atoms with Gasteiger partial charge in [0.1, 0.15) is 0 Å². The molecule has 0 fully saturated rings. The van der Waals surface area contributed by atoms with Gasteiger partial charge < -0.3 is 26.2 Å². The fourth-order valence-corrected chi connectivity index (χ4v) is 0.878. The Hall–Kier alpha value is -1.83. The number of aliphatic carboxylic acids is 1. The maximum atomic E-state index is 11.2. The van der Waals surface area contributed by atoms with Gasteiger partial charge in [0, 0.05) is 6.54 Å². The summed E-state index contributed by atoms with van der Waals surface area (Å²) >= 11 is 0. The fraction of sp³-hybridized carbons (Fsp3) is 0.700. The van der Waals surface area contributed by atoms with Crippen LogP contribution in [0.4, 0.5) is 4.79 Å². The molecule has 0 radical (unpaired) electrons. The zero-order chi connectivity index (χ0) is 14.2. The summed E-state index contributed by atoms with van der Waals surface area (Å²) in [6, 6.07) is -0.719. The van der Waals surface area contributed by atoms with Gasteiger partial charge in [0.25, 0.3) is 0 Å². The lowest BCUT2D eigenvalue weighted by Crippen LogP contribution is -2.50. The van der Waals surface area contributed by atoms with E-state index in [0.717, 1.165) is 13.3 Å². The predicted molar refractivity (Wildman–Crippen MR) is 63.0 cm³/mol. The highest BCUT2D eigenvalue weighted by Gasteiger charge is 2.30. The van der Waals surface area contributed by atoms with Gasteiger partial charge in [-0.2, -0.15) is 0 Å². The van der Waals surface area contributed by atoms with Crippen LogP contribution in [0.5, 0.6) is 0 Å². The number of hydrogen-bond donors (Lipinski definition) is 5. The molecule has 0 bridgehead atoms. The number of rotatable bonds is 7. The molecule has 1 atom stereocenters. The zero-order valence-electron chi connectivity index (χ0n) is 10.4. The third-order valence-corrected chi connectivity index (χ3v) is 2.04. The van der Waals surface area contributed by atoms with Crippen LogP contribution in [0.2, 0.25) is 0 Å². The minimum Gasteiger partial charge on any atom is -0.479 e. The van der Waals surface area contributed by atoms with Crippen molar-refractivity contribution in [1.29, 1.82) is 0 Å². The lowest BCUT2D eigenvalue weighted by atomic mass is 10.1. The Morgan fingerprint density at radius 2 is 1.78 bits per heavy atom. The molecule has 0 aliphatic rings. The minimum absolute atomic E-state index is 0.207. The van der Waals surface area contributed by atoms with Gasteiger partial charge in [-0.3, -0.25) is 4.79 Å². The first-order valence-electron chi connectivity index (χ1n) is 5.53. The minimum atomic E-state index is -2.04. The molecule has 8 heteroatoms. The van der Waals surface area contributed by atoms with Crippen LogP contribution in [0, 0.1) is 0 Å². The first kappa shape index (κ1) is 16.2. The number of carboxylic acids is 1. The molecule has 0 aromatic carbocycles. The van der Waals surface area contributed by atoms with Gasteiger partial charge >= 0.3 is 12.0 Å². The van der Waals surface area contributed by atoms with E-state index in [0.29, 0.717) is 6.54 Å². The molecule has 0 saturated carbocycles. The number of carboxylic acid groups (broad SMARTS) is 1. The van der Waals surface area contributed by atoms with Crippen molar-refractivity contribution < 1.29 is 24.6 Å². The molecule has 0 aromatic rings. The van der Waals surface area contributed by atoms with Crippen molar-refractivity contribution in [3.8, 4) is 0 Å². The van der Waals surface area contributed by atoms with E-state index in [1.165, 1.54) is 0 Å². The number of nitrogens with one attached hydrogen (secondary N) is 3. The van der Waals surface area contributed by atoms with Crippen molar-refractivity contribution in [1.82, 2.24) is 16.0 Å². The van der Waals surface area contributed by atoms with Crippen LogP contribution < -0.4 is 16.0 Å². The van der Waals surface area contributed by atoms with Gasteiger partial charge in [-0.1, -0.05) is 6.92 Å². The molecule has 0 aliphatic carbocycles. The number of carbonyl (C=O) groups excluding carboxylic acids is 2. The summed E-state index contributed by atoms with van der Waals surface area (Å²) in [6.07, 6.45) is 0.791. The third kappa shape index (κ3) is 6.69. The van der Waals surface area contributed by atoms with Gasteiger partial charge in [0.2, 0.25) is 5.91 Å². The van der Waals surface area contributed by atoms with E-state index < -0.39 is 24.1 Å². The van der Waals surface area contributed by atoms with Crippen LogP contribution in [-0.2, 0) is 9.59 Å². The highest BCUT2D eigenvalue weighted by molar-refractivity contribution is 5.84. The van der Waals surface area contributed by atoms with E-state index in [1.807, 2.05) is 6.92 Å². The summed E-state index contributed by atoms with van der Waals surface area (Å²) in [5.41, 5.74) is -2.04. The van der Waals surface area contributed by atoms with Crippen LogP contribution >= 0.6 is 0 Å². The van der Waals surface area contributed by atoms with Gasteiger partial charge in [-0.05, 0) is 13.3 Å². The second-order valence-corrected chi connectivity index (χ2v) is 3.97. The topological polar surface area (TPSA) is 128 Å². The summed E-state index contributed by atoms with van der Waals surface area (Å²) in [5.74, 6) is -1.78. The van der Waals surface area contributed by atoms with Gasteiger partial charge in [0.05, 0.1) is 13.1 Å². The first-order chi connectivity index (χ1) is 8.29. The number of hydrogen-bond acceptors (Lipinski definition) is 4. The lowest BCUT2D eigenvalue weighted by Gasteiger charge is -2.18. The van der Waals surface area contributed by atoms with Crippen LogP contribution in [0.1, 0.15) is 20.3 Å². The first-order valence-corrected chi connectivity index (χ1v) is 5.53. The van der Waals surface area contributed by atoms with E-state index in [4.69, 9.17) is 5.11 Å². The third-order valence-electron chi connectivity index (χ3n) is 2.04. The SMILES string of the molecule is CCCNC(=O)CNC(=O)NCC(C)(O)C(=O)O. The van der Waals surface area contributed by atoms with E-state index >= 15 is 0 Å². The quantitative estimate of drug-likeness (QED) is 0.387. The summed E-state index contributed by atoms with van der Waals surface area (Å²) in [6.45, 7) is 2.82. The summed E-state index contributed by atoms with van der Waals surface area (Å²) < 4.78 is 0. The normalized spacial score (nSPS) is 13.3. The van der Waals surface area contributed by atoms with Crippen LogP contribution in [-0.4, -0.2) is 53.4 Å². The maximum Gasteiger partial charge on any atom is 0.337 e. The Morgan fingerprint density at radius 1 is 1.17 bits per heavy atom. The lowest BCUT2D eigenvalue weighted by molar-refractivity contribution is -0.155.